The maximum absolute atomic E-state index is 10.2. The Labute approximate surface area is 141 Å². The number of aryl methyl sites for hydroxylation is 1. The van der Waals surface area contributed by atoms with E-state index in [4.69, 9.17) is 9.15 Å². The number of hydrogen-bond donors (Lipinski definition) is 1. The van der Waals surface area contributed by atoms with Gasteiger partial charge in [0.25, 0.3) is 0 Å². The van der Waals surface area contributed by atoms with Gasteiger partial charge in [-0.05, 0) is 43.8 Å². The molecule has 1 atom stereocenters. The summed E-state index contributed by atoms with van der Waals surface area (Å²) >= 11 is 0. The van der Waals surface area contributed by atoms with Gasteiger partial charge in [0.05, 0.1) is 6.54 Å². The molecule has 0 amide bonds. The number of aliphatic hydroxyl groups is 1. The lowest BCUT2D eigenvalue weighted by atomic mass is 10.2. The van der Waals surface area contributed by atoms with E-state index in [2.05, 4.69) is 4.98 Å². The highest BCUT2D eigenvalue weighted by molar-refractivity contribution is 5.72. The number of fused-ring (bicyclic) bond motifs is 1. The highest BCUT2D eigenvalue weighted by Gasteiger charge is 2.13. The van der Waals surface area contributed by atoms with Gasteiger partial charge in [0.15, 0.2) is 5.58 Å². The van der Waals surface area contributed by atoms with E-state index in [1.54, 1.807) is 0 Å². The van der Waals surface area contributed by atoms with E-state index in [9.17, 15) is 5.11 Å². The zero-order valence-electron chi connectivity index (χ0n) is 14.0. The van der Waals surface area contributed by atoms with Crippen LogP contribution in [0.5, 0.6) is 5.75 Å². The van der Waals surface area contributed by atoms with Crippen molar-refractivity contribution in [2.24, 2.45) is 0 Å². The molecule has 0 fully saturated rings. The molecule has 0 radical (unpaired) electrons. The highest BCUT2D eigenvalue weighted by Crippen LogP contribution is 2.16. The fourth-order valence-electron chi connectivity index (χ4n) is 2.59. The van der Waals surface area contributed by atoms with Gasteiger partial charge in [-0.2, -0.15) is 0 Å². The number of oxazole rings is 1. The molecule has 2 aromatic carbocycles. The third-order valence-corrected chi connectivity index (χ3v) is 3.70. The Balaban J connectivity index is 1.49. The van der Waals surface area contributed by atoms with Crippen LogP contribution in [0, 0.1) is 6.92 Å². The Morgan fingerprint density at radius 1 is 1.21 bits per heavy atom. The smallest absolute Gasteiger partial charge is 0.209 e. The Morgan fingerprint density at radius 2 is 2.04 bits per heavy atom. The molecule has 0 aliphatic carbocycles. The fourth-order valence-corrected chi connectivity index (χ4v) is 2.59. The summed E-state index contributed by atoms with van der Waals surface area (Å²) in [6.45, 7) is 3.28. The van der Waals surface area contributed by atoms with Crippen molar-refractivity contribution in [3.63, 3.8) is 0 Å². The summed E-state index contributed by atoms with van der Waals surface area (Å²) in [6, 6.07) is 15.5. The molecule has 0 bridgehead atoms. The van der Waals surface area contributed by atoms with Crippen LogP contribution in [0.1, 0.15) is 11.5 Å². The van der Waals surface area contributed by atoms with E-state index >= 15 is 0 Å². The zero-order valence-corrected chi connectivity index (χ0v) is 14.0. The van der Waals surface area contributed by atoms with Crippen LogP contribution in [0.3, 0.4) is 0 Å². The number of aliphatic hydroxyl groups excluding tert-OH is 1. The Morgan fingerprint density at radius 3 is 2.83 bits per heavy atom. The topological polar surface area (TPSA) is 58.7 Å². The average Bonchev–Trinajstić information content (AvgIpc) is 2.95. The first-order valence-electron chi connectivity index (χ1n) is 8.00. The number of likely N-dealkylation sites (N-methyl/N-ethyl adjacent to an activating group) is 1. The van der Waals surface area contributed by atoms with Crippen molar-refractivity contribution in [2.45, 2.75) is 19.6 Å². The molecule has 24 heavy (non-hydrogen) atoms. The number of aromatic nitrogens is 1. The summed E-state index contributed by atoms with van der Waals surface area (Å²) in [4.78, 5) is 6.41. The van der Waals surface area contributed by atoms with E-state index in [0.717, 1.165) is 22.4 Å². The molecule has 1 unspecified atom stereocenters. The van der Waals surface area contributed by atoms with E-state index in [-0.39, 0.29) is 6.61 Å². The number of hydrogen-bond acceptors (Lipinski definition) is 5. The largest absolute Gasteiger partial charge is 0.491 e. The normalized spacial score (nSPS) is 12.7. The minimum atomic E-state index is -0.583. The lowest BCUT2D eigenvalue weighted by Crippen LogP contribution is -2.32. The first-order valence-corrected chi connectivity index (χ1v) is 8.00. The second-order valence-corrected chi connectivity index (χ2v) is 6.05. The molecule has 1 N–H and O–H groups in total. The van der Waals surface area contributed by atoms with Crippen LogP contribution in [-0.4, -0.2) is 41.3 Å². The van der Waals surface area contributed by atoms with Crippen molar-refractivity contribution in [3.05, 3.63) is 60.0 Å². The minimum absolute atomic E-state index is 0.251. The summed E-state index contributed by atoms with van der Waals surface area (Å²) in [5.74, 6) is 1.42. The molecule has 1 heterocycles. The molecule has 5 nitrogen and oxygen atoms in total. The van der Waals surface area contributed by atoms with Crippen LogP contribution < -0.4 is 4.74 Å². The lowest BCUT2D eigenvalue weighted by Gasteiger charge is -2.19. The summed E-state index contributed by atoms with van der Waals surface area (Å²) in [6.07, 6.45) is -0.583. The number of nitrogens with zero attached hydrogens (tertiary/aromatic N) is 2. The number of benzene rings is 2. The molecule has 0 saturated heterocycles. The van der Waals surface area contributed by atoms with Crippen molar-refractivity contribution in [3.8, 4) is 5.75 Å². The van der Waals surface area contributed by atoms with Crippen LogP contribution >= 0.6 is 0 Å². The van der Waals surface area contributed by atoms with Crippen molar-refractivity contribution in [2.75, 3.05) is 20.2 Å². The van der Waals surface area contributed by atoms with Crippen molar-refractivity contribution >= 4 is 11.1 Å². The van der Waals surface area contributed by atoms with Crippen molar-refractivity contribution in [1.29, 1.82) is 0 Å². The molecular weight excluding hydrogens is 304 g/mol. The van der Waals surface area contributed by atoms with Gasteiger partial charge >= 0.3 is 0 Å². The molecule has 0 aliphatic rings. The fraction of sp³-hybridized carbons (Fsp3) is 0.316. The highest BCUT2D eigenvalue weighted by atomic mass is 16.5. The summed E-state index contributed by atoms with van der Waals surface area (Å²) < 4.78 is 11.3. The van der Waals surface area contributed by atoms with Gasteiger partial charge in [-0.1, -0.05) is 24.3 Å². The van der Waals surface area contributed by atoms with E-state index in [0.29, 0.717) is 19.0 Å². The summed E-state index contributed by atoms with van der Waals surface area (Å²) in [7, 11) is 1.92. The molecule has 3 aromatic rings. The van der Waals surface area contributed by atoms with Gasteiger partial charge in [-0.3, -0.25) is 4.90 Å². The van der Waals surface area contributed by atoms with Gasteiger partial charge in [0.1, 0.15) is 24.0 Å². The van der Waals surface area contributed by atoms with Crippen LogP contribution in [0.25, 0.3) is 11.1 Å². The van der Waals surface area contributed by atoms with Gasteiger partial charge < -0.3 is 14.3 Å². The predicted octanol–water partition coefficient (Wildman–Crippen LogP) is 3.01. The average molecular weight is 326 g/mol. The van der Waals surface area contributed by atoms with E-state index in [1.165, 1.54) is 0 Å². The molecule has 5 heteroatoms. The zero-order chi connectivity index (χ0) is 16.9. The molecule has 3 rings (SSSR count). The molecule has 0 spiro atoms. The van der Waals surface area contributed by atoms with Gasteiger partial charge in [-0.15, -0.1) is 0 Å². The molecule has 126 valence electrons. The van der Waals surface area contributed by atoms with Gasteiger partial charge in [0, 0.05) is 6.54 Å². The quantitative estimate of drug-likeness (QED) is 0.723. The number of ether oxygens (including phenoxy) is 1. The number of para-hydroxylation sites is 2. The Bertz CT molecular complexity index is 767. The molecule has 0 aliphatic heterocycles. The van der Waals surface area contributed by atoms with Gasteiger partial charge in [0.2, 0.25) is 5.89 Å². The maximum atomic E-state index is 10.2. The standard InChI is InChI=1S/C19H22N2O3/c1-14-6-5-7-16(10-14)23-13-15(22)11-21(2)12-19-20-17-8-3-4-9-18(17)24-19/h3-10,15,22H,11-13H2,1-2H3. The van der Waals surface area contributed by atoms with Crippen LogP contribution in [0.15, 0.2) is 52.9 Å². The molecule has 1 aromatic heterocycles. The van der Waals surface area contributed by atoms with Crippen LogP contribution in [-0.2, 0) is 6.54 Å². The lowest BCUT2D eigenvalue weighted by molar-refractivity contribution is 0.0722. The minimum Gasteiger partial charge on any atom is -0.491 e. The summed E-state index contributed by atoms with van der Waals surface area (Å²) in [5, 5.41) is 10.2. The molecular formula is C19H22N2O3. The third kappa shape index (κ3) is 4.34. The van der Waals surface area contributed by atoms with E-state index < -0.39 is 6.10 Å². The second-order valence-electron chi connectivity index (χ2n) is 6.05. The Kier molecular flexibility index (Phi) is 5.13. The van der Waals surface area contributed by atoms with Crippen molar-refractivity contribution < 1.29 is 14.3 Å². The Hall–Kier alpha value is -2.37. The monoisotopic (exact) mass is 326 g/mol. The SMILES string of the molecule is Cc1cccc(OCC(O)CN(C)Cc2nc3ccccc3o2)c1. The van der Waals surface area contributed by atoms with E-state index in [1.807, 2.05) is 67.4 Å². The van der Waals surface area contributed by atoms with Gasteiger partial charge in [-0.25, -0.2) is 4.98 Å². The third-order valence-electron chi connectivity index (χ3n) is 3.70. The van der Waals surface area contributed by atoms with Crippen LogP contribution in [0.2, 0.25) is 0 Å². The maximum Gasteiger partial charge on any atom is 0.209 e. The second kappa shape index (κ2) is 7.47. The number of rotatable bonds is 7. The summed E-state index contributed by atoms with van der Waals surface area (Å²) in [5.41, 5.74) is 2.77. The van der Waals surface area contributed by atoms with Crippen molar-refractivity contribution in [1.82, 2.24) is 9.88 Å². The first-order chi connectivity index (χ1) is 11.6. The predicted molar refractivity (Wildman–Crippen MR) is 93.0 cm³/mol. The molecule has 0 saturated carbocycles. The first kappa shape index (κ1) is 16.5. The van der Waals surface area contributed by atoms with Crippen LogP contribution in [0.4, 0.5) is 0 Å².